The Labute approximate surface area is 135 Å². The van der Waals surface area contributed by atoms with Crippen molar-refractivity contribution in [1.29, 1.82) is 0 Å². The van der Waals surface area contributed by atoms with Crippen molar-refractivity contribution < 1.29 is 13.2 Å². The molecule has 1 saturated carbocycles. The zero-order valence-corrected chi connectivity index (χ0v) is 14.4. The fraction of sp³-hybridized carbons (Fsp3) is 0.667. The molecule has 2 heterocycles. The van der Waals surface area contributed by atoms with Gasteiger partial charge in [-0.3, -0.25) is 4.79 Å². The number of nitrogens with one attached hydrogen (secondary N) is 1. The van der Waals surface area contributed by atoms with Crippen LogP contribution in [0.3, 0.4) is 0 Å². The molecule has 1 aromatic heterocycles. The van der Waals surface area contributed by atoms with Crippen LogP contribution >= 0.6 is 11.3 Å². The maximum atomic E-state index is 12.3. The third-order valence-electron chi connectivity index (χ3n) is 4.73. The highest BCUT2D eigenvalue weighted by molar-refractivity contribution is 7.89. The van der Waals surface area contributed by atoms with Gasteiger partial charge in [-0.2, -0.15) is 0 Å². The molecule has 2 aliphatic rings. The van der Waals surface area contributed by atoms with Crippen molar-refractivity contribution >= 4 is 27.3 Å². The highest BCUT2D eigenvalue weighted by Crippen LogP contribution is 2.58. The Morgan fingerprint density at radius 1 is 1.55 bits per heavy atom. The summed E-state index contributed by atoms with van der Waals surface area (Å²) in [5.74, 6) is 0.260. The van der Waals surface area contributed by atoms with E-state index in [4.69, 9.17) is 0 Å². The number of thiophene rings is 1. The first-order chi connectivity index (χ1) is 10.5. The highest BCUT2D eigenvalue weighted by Gasteiger charge is 2.61. The summed E-state index contributed by atoms with van der Waals surface area (Å²) in [6, 6.07) is 3.97. The van der Waals surface area contributed by atoms with Gasteiger partial charge in [0, 0.05) is 23.9 Å². The van der Waals surface area contributed by atoms with Crippen LogP contribution in [0.1, 0.15) is 31.1 Å². The number of nitrogens with zero attached hydrogens (tertiary/aromatic N) is 1. The zero-order valence-electron chi connectivity index (χ0n) is 12.7. The number of sulfonamides is 1. The third kappa shape index (κ3) is 3.07. The van der Waals surface area contributed by atoms with Gasteiger partial charge in [0.25, 0.3) is 0 Å². The molecule has 0 aromatic carbocycles. The van der Waals surface area contributed by atoms with Crippen LogP contribution in [0, 0.1) is 11.3 Å². The standard InChI is InChI=1S/C15H22N2O3S2/c1-2-8-22(19,20)17-6-5-15(11-17)9-13(15)14(18)16-10-12-4-3-7-21-12/h3-4,7,13H,2,5-6,8-11H2,1H3,(H,16,18)/t13-,15+/m0/s1. The number of hydrogen-bond acceptors (Lipinski definition) is 4. The second-order valence-electron chi connectivity index (χ2n) is 6.32. The largest absolute Gasteiger partial charge is 0.351 e. The molecule has 1 aromatic rings. The molecule has 3 rings (SSSR count). The molecular weight excluding hydrogens is 320 g/mol. The minimum absolute atomic E-state index is 0.0192. The molecule has 0 bridgehead atoms. The van der Waals surface area contributed by atoms with E-state index in [1.165, 1.54) is 0 Å². The average molecular weight is 342 g/mol. The fourth-order valence-electron chi connectivity index (χ4n) is 3.36. The first kappa shape index (κ1) is 16.0. The molecule has 1 aliphatic heterocycles. The van der Waals surface area contributed by atoms with Gasteiger partial charge in [0.05, 0.1) is 12.3 Å². The van der Waals surface area contributed by atoms with Crippen LogP contribution in [-0.4, -0.2) is 37.5 Å². The Bertz CT molecular complexity index is 642. The van der Waals surface area contributed by atoms with Gasteiger partial charge in [-0.1, -0.05) is 13.0 Å². The Hall–Kier alpha value is -0.920. The molecule has 7 heteroatoms. The lowest BCUT2D eigenvalue weighted by molar-refractivity contribution is -0.123. The van der Waals surface area contributed by atoms with Gasteiger partial charge in [0.15, 0.2) is 0 Å². The van der Waals surface area contributed by atoms with Gasteiger partial charge < -0.3 is 5.32 Å². The molecule has 1 aliphatic carbocycles. The molecule has 1 amide bonds. The summed E-state index contributed by atoms with van der Waals surface area (Å²) < 4.78 is 25.9. The van der Waals surface area contributed by atoms with Crippen LogP contribution in [0.5, 0.6) is 0 Å². The summed E-state index contributed by atoms with van der Waals surface area (Å²) >= 11 is 1.63. The number of carbonyl (C=O) groups excluding carboxylic acids is 1. The summed E-state index contributed by atoms with van der Waals surface area (Å²) in [4.78, 5) is 13.4. The van der Waals surface area contributed by atoms with Crippen molar-refractivity contribution in [2.45, 2.75) is 32.7 Å². The second kappa shape index (κ2) is 5.94. The van der Waals surface area contributed by atoms with Crippen LogP contribution in [0.4, 0.5) is 0 Å². The van der Waals surface area contributed by atoms with Gasteiger partial charge >= 0.3 is 0 Å². The molecule has 122 valence electrons. The van der Waals surface area contributed by atoms with Gasteiger partial charge in [0.2, 0.25) is 15.9 Å². The van der Waals surface area contributed by atoms with Crippen LogP contribution in [0.2, 0.25) is 0 Å². The Morgan fingerprint density at radius 3 is 3.05 bits per heavy atom. The van der Waals surface area contributed by atoms with E-state index in [1.807, 2.05) is 24.4 Å². The Kier molecular flexibility index (Phi) is 4.31. The topological polar surface area (TPSA) is 66.5 Å². The second-order valence-corrected chi connectivity index (χ2v) is 9.44. The summed E-state index contributed by atoms with van der Waals surface area (Å²) in [5.41, 5.74) is -0.0969. The van der Waals surface area contributed by atoms with E-state index in [9.17, 15) is 13.2 Å². The zero-order chi connectivity index (χ0) is 15.8. The lowest BCUT2D eigenvalue weighted by Gasteiger charge is -2.16. The maximum Gasteiger partial charge on any atom is 0.224 e. The first-order valence-corrected chi connectivity index (χ1v) is 10.2. The quantitative estimate of drug-likeness (QED) is 0.857. The molecule has 0 radical (unpaired) electrons. The number of carbonyl (C=O) groups is 1. The van der Waals surface area contributed by atoms with Crippen molar-refractivity contribution in [2.75, 3.05) is 18.8 Å². The fourth-order valence-corrected chi connectivity index (χ4v) is 5.60. The molecule has 1 saturated heterocycles. The molecule has 22 heavy (non-hydrogen) atoms. The van der Waals surface area contributed by atoms with E-state index in [2.05, 4.69) is 5.32 Å². The van der Waals surface area contributed by atoms with Crippen LogP contribution in [0.25, 0.3) is 0 Å². The Balaban J connectivity index is 1.54. The normalized spacial score (nSPS) is 28.1. The molecule has 5 nitrogen and oxygen atoms in total. The molecule has 2 fully saturated rings. The Morgan fingerprint density at radius 2 is 2.36 bits per heavy atom. The van der Waals surface area contributed by atoms with Gasteiger partial charge in [-0.05, 0) is 36.1 Å². The van der Waals surface area contributed by atoms with Crippen LogP contribution in [-0.2, 0) is 21.4 Å². The molecular formula is C15H22N2O3S2. The van der Waals surface area contributed by atoms with E-state index >= 15 is 0 Å². The van der Waals surface area contributed by atoms with Crippen LogP contribution < -0.4 is 5.32 Å². The summed E-state index contributed by atoms with van der Waals surface area (Å²) in [6.07, 6.45) is 2.27. The predicted molar refractivity (Wildman–Crippen MR) is 87.0 cm³/mol. The van der Waals surface area contributed by atoms with Crippen molar-refractivity contribution in [2.24, 2.45) is 11.3 Å². The summed E-state index contributed by atoms with van der Waals surface area (Å²) in [5, 5.41) is 4.97. The number of amides is 1. The molecule has 1 spiro atoms. The van der Waals surface area contributed by atoms with E-state index in [1.54, 1.807) is 15.6 Å². The minimum Gasteiger partial charge on any atom is -0.351 e. The van der Waals surface area contributed by atoms with Crippen molar-refractivity contribution in [3.8, 4) is 0 Å². The molecule has 1 N–H and O–H groups in total. The maximum absolute atomic E-state index is 12.3. The van der Waals surface area contributed by atoms with Crippen molar-refractivity contribution in [1.82, 2.24) is 9.62 Å². The van der Waals surface area contributed by atoms with E-state index < -0.39 is 10.0 Å². The predicted octanol–water partition coefficient (Wildman–Crippen LogP) is 1.82. The summed E-state index contributed by atoms with van der Waals surface area (Å²) in [7, 11) is -3.13. The minimum atomic E-state index is -3.13. The summed E-state index contributed by atoms with van der Waals surface area (Å²) in [6.45, 7) is 3.53. The third-order valence-corrected chi connectivity index (χ3v) is 7.63. The number of rotatable bonds is 6. The van der Waals surface area contributed by atoms with Crippen molar-refractivity contribution in [3.63, 3.8) is 0 Å². The number of hydrogen-bond donors (Lipinski definition) is 1. The van der Waals surface area contributed by atoms with Crippen molar-refractivity contribution in [3.05, 3.63) is 22.4 Å². The van der Waals surface area contributed by atoms with Gasteiger partial charge in [-0.25, -0.2) is 12.7 Å². The lowest BCUT2D eigenvalue weighted by atomic mass is 10.0. The lowest BCUT2D eigenvalue weighted by Crippen LogP contribution is -2.32. The van der Waals surface area contributed by atoms with E-state index in [0.29, 0.717) is 26.1 Å². The van der Waals surface area contributed by atoms with E-state index in [0.717, 1.165) is 17.7 Å². The van der Waals surface area contributed by atoms with Gasteiger partial charge in [-0.15, -0.1) is 11.3 Å². The molecule has 2 atom stereocenters. The van der Waals surface area contributed by atoms with Crippen LogP contribution in [0.15, 0.2) is 17.5 Å². The molecule has 0 unspecified atom stereocenters. The highest BCUT2D eigenvalue weighted by atomic mass is 32.2. The van der Waals surface area contributed by atoms with Gasteiger partial charge in [0.1, 0.15) is 0 Å². The smallest absolute Gasteiger partial charge is 0.224 e. The first-order valence-electron chi connectivity index (χ1n) is 7.75. The van der Waals surface area contributed by atoms with E-state index in [-0.39, 0.29) is 23.0 Å². The monoisotopic (exact) mass is 342 g/mol. The SMILES string of the molecule is CCCS(=O)(=O)N1CC[C@@]2(C[C@H]2C(=O)NCc2cccs2)C1. The average Bonchev–Trinajstić information content (AvgIpc) is 2.82.